The molecule has 1 aliphatic heterocycles. The first-order valence-corrected chi connectivity index (χ1v) is 12.2. The van der Waals surface area contributed by atoms with Crippen LogP contribution in [-0.4, -0.2) is 37.8 Å². The molecule has 2 fully saturated rings. The van der Waals surface area contributed by atoms with Crippen molar-refractivity contribution in [1.29, 1.82) is 0 Å². The molecule has 1 atom stereocenters. The van der Waals surface area contributed by atoms with Crippen molar-refractivity contribution in [3.05, 3.63) is 47.9 Å². The molecule has 6 rings (SSSR count). The molecule has 1 saturated heterocycles. The molecule has 1 saturated carbocycles. The van der Waals surface area contributed by atoms with Gasteiger partial charge in [-0.15, -0.1) is 21.5 Å². The number of benzene rings is 1. The Morgan fingerprint density at radius 3 is 2.77 bits per heavy atom. The van der Waals surface area contributed by atoms with Crippen molar-refractivity contribution in [2.24, 2.45) is 0 Å². The molecular formula is C22H22N6S2. The molecular weight excluding hydrogens is 412 g/mol. The largest absolute Gasteiger partial charge is 0.316 e. The topological polar surface area (TPSA) is 68.5 Å². The molecule has 8 heteroatoms. The first kappa shape index (κ1) is 18.5. The van der Waals surface area contributed by atoms with Gasteiger partial charge in [-0.3, -0.25) is 0 Å². The monoisotopic (exact) mass is 434 g/mol. The summed E-state index contributed by atoms with van der Waals surface area (Å²) in [4.78, 5) is 10.2. The number of nitrogens with zero attached hydrogens (tertiary/aromatic N) is 5. The molecule has 4 heterocycles. The van der Waals surface area contributed by atoms with E-state index in [-0.39, 0.29) is 0 Å². The molecule has 0 amide bonds. The molecule has 1 N–H and O–H groups in total. The van der Waals surface area contributed by atoms with Gasteiger partial charge < -0.3 is 9.88 Å². The molecule has 3 aromatic heterocycles. The molecule has 0 bridgehead atoms. The van der Waals surface area contributed by atoms with Crippen LogP contribution in [0.25, 0.3) is 21.3 Å². The van der Waals surface area contributed by atoms with Gasteiger partial charge in [0, 0.05) is 29.4 Å². The van der Waals surface area contributed by atoms with E-state index in [9.17, 15) is 0 Å². The van der Waals surface area contributed by atoms with E-state index in [0.717, 1.165) is 39.3 Å². The fourth-order valence-corrected chi connectivity index (χ4v) is 6.21. The number of aromatic nitrogens is 5. The van der Waals surface area contributed by atoms with E-state index in [1.165, 1.54) is 36.8 Å². The normalized spacial score (nSPS) is 19.4. The highest BCUT2D eigenvalue weighted by Crippen LogP contribution is 2.44. The van der Waals surface area contributed by atoms with E-state index in [1.807, 2.05) is 6.07 Å². The zero-order valence-corrected chi connectivity index (χ0v) is 18.1. The van der Waals surface area contributed by atoms with Crippen LogP contribution in [0.2, 0.25) is 0 Å². The van der Waals surface area contributed by atoms with Crippen LogP contribution in [0.1, 0.15) is 43.5 Å². The smallest absolute Gasteiger partial charge is 0.197 e. The lowest BCUT2D eigenvalue weighted by molar-refractivity contribution is 0.428. The lowest BCUT2D eigenvalue weighted by atomic mass is 9.99. The third-order valence-electron chi connectivity index (χ3n) is 5.87. The van der Waals surface area contributed by atoms with Gasteiger partial charge in [0.15, 0.2) is 5.16 Å². The highest BCUT2D eigenvalue weighted by atomic mass is 32.2. The van der Waals surface area contributed by atoms with E-state index >= 15 is 0 Å². The second-order valence-corrected chi connectivity index (χ2v) is 9.78. The van der Waals surface area contributed by atoms with Crippen LogP contribution in [0, 0.1) is 0 Å². The first-order valence-electron chi connectivity index (χ1n) is 10.5. The van der Waals surface area contributed by atoms with Gasteiger partial charge in [0.1, 0.15) is 22.0 Å². The van der Waals surface area contributed by atoms with Crippen LogP contribution in [0.5, 0.6) is 0 Å². The van der Waals surface area contributed by atoms with Crippen LogP contribution in [-0.2, 0) is 0 Å². The molecule has 2 aliphatic rings. The van der Waals surface area contributed by atoms with Crippen LogP contribution in [0.3, 0.4) is 0 Å². The molecule has 1 unspecified atom stereocenters. The van der Waals surface area contributed by atoms with Gasteiger partial charge in [0.25, 0.3) is 0 Å². The zero-order chi connectivity index (χ0) is 19.9. The molecule has 152 valence electrons. The quantitative estimate of drug-likeness (QED) is 0.451. The van der Waals surface area contributed by atoms with Gasteiger partial charge >= 0.3 is 0 Å². The number of hydrogen-bond acceptors (Lipinski definition) is 7. The van der Waals surface area contributed by atoms with Gasteiger partial charge in [-0.05, 0) is 49.6 Å². The number of piperidine rings is 1. The van der Waals surface area contributed by atoms with Crippen molar-refractivity contribution in [1.82, 2.24) is 30.0 Å². The summed E-state index contributed by atoms with van der Waals surface area (Å²) in [7, 11) is 0. The van der Waals surface area contributed by atoms with E-state index in [2.05, 4.69) is 59.7 Å². The SMILES string of the molecule is c1ccc(-c2csc3ncnc(Sc4nnc(C5CCCNC5)n4C4CC4)c23)cc1. The molecule has 1 aromatic carbocycles. The van der Waals surface area contributed by atoms with Crippen LogP contribution in [0.4, 0.5) is 0 Å². The Morgan fingerprint density at radius 1 is 1.07 bits per heavy atom. The number of hydrogen-bond donors (Lipinski definition) is 1. The third-order valence-corrected chi connectivity index (χ3v) is 7.72. The maximum absolute atomic E-state index is 4.67. The fraction of sp³-hybridized carbons (Fsp3) is 0.364. The second-order valence-electron chi connectivity index (χ2n) is 7.96. The van der Waals surface area contributed by atoms with Crippen LogP contribution in [0.15, 0.2) is 52.2 Å². The van der Waals surface area contributed by atoms with E-state index in [1.54, 1.807) is 29.4 Å². The number of nitrogens with one attached hydrogen (secondary N) is 1. The number of thiophene rings is 1. The van der Waals surface area contributed by atoms with Crippen LogP contribution < -0.4 is 5.32 Å². The van der Waals surface area contributed by atoms with Crippen molar-refractivity contribution in [2.75, 3.05) is 13.1 Å². The minimum atomic E-state index is 0.452. The van der Waals surface area contributed by atoms with Crippen molar-refractivity contribution in [2.45, 2.75) is 47.8 Å². The van der Waals surface area contributed by atoms with Gasteiger partial charge in [-0.25, -0.2) is 9.97 Å². The van der Waals surface area contributed by atoms with Crippen molar-refractivity contribution in [3.8, 4) is 11.1 Å². The van der Waals surface area contributed by atoms with E-state index in [4.69, 9.17) is 0 Å². The number of rotatable bonds is 5. The Morgan fingerprint density at radius 2 is 1.97 bits per heavy atom. The van der Waals surface area contributed by atoms with Crippen LogP contribution >= 0.6 is 23.1 Å². The first-order chi connectivity index (χ1) is 14.9. The number of fused-ring (bicyclic) bond motifs is 1. The maximum atomic E-state index is 4.67. The van der Waals surface area contributed by atoms with E-state index < -0.39 is 0 Å². The Kier molecular flexibility index (Phi) is 4.78. The maximum Gasteiger partial charge on any atom is 0.197 e. The van der Waals surface area contributed by atoms with E-state index in [0.29, 0.717) is 12.0 Å². The van der Waals surface area contributed by atoms with Gasteiger partial charge in [0.2, 0.25) is 0 Å². The van der Waals surface area contributed by atoms with Gasteiger partial charge in [0.05, 0.1) is 5.39 Å². The average Bonchev–Trinajstić information content (AvgIpc) is 3.40. The predicted molar refractivity (Wildman–Crippen MR) is 120 cm³/mol. The standard InChI is InChI=1S/C22H22N6S2/c1-2-5-14(6-3-1)17-12-29-20-18(17)21(25-13-24-20)30-22-27-26-19(28(22)16-8-9-16)15-7-4-10-23-11-15/h1-3,5-6,12-13,15-16,23H,4,7-11H2. The highest BCUT2D eigenvalue weighted by molar-refractivity contribution is 7.99. The van der Waals surface area contributed by atoms with Gasteiger partial charge in [-0.2, -0.15) is 0 Å². The lowest BCUT2D eigenvalue weighted by Gasteiger charge is -2.22. The summed E-state index contributed by atoms with van der Waals surface area (Å²) in [6, 6.07) is 11.0. The molecule has 30 heavy (non-hydrogen) atoms. The summed E-state index contributed by atoms with van der Waals surface area (Å²) in [5, 5.41) is 18.0. The summed E-state index contributed by atoms with van der Waals surface area (Å²) in [5.41, 5.74) is 2.38. The van der Waals surface area contributed by atoms with Crippen molar-refractivity contribution < 1.29 is 0 Å². The summed E-state index contributed by atoms with van der Waals surface area (Å²) < 4.78 is 2.39. The zero-order valence-electron chi connectivity index (χ0n) is 16.5. The predicted octanol–water partition coefficient (Wildman–Crippen LogP) is 4.90. The Labute approximate surface area is 183 Å². The van der Waals surface area contributed by atoms with Crippen molar-refractivity contribution in [3.63, 3.8) is 0 Å². The lowest BCUT2D eigenvalue weighted by Crippen LogP contribution is -2.30. The molecule has 6 nitrogen and oxygen atoms in total. The summed E-state index contributed by atoms with van der Waals surface area (Å²) in [6.07, 6.45) is 6.48. The Balaban J connectivity index is 1.41. The summed E-state index contributed by atoms with van der Waals surface area (Å²) in [5.74, 6) is 1.60. The fourth-order valence-electron chi connectivity index (χ4n) is 4.23. The highest BCUT2D eigenvalue weighted by Gasteiger charge is 2.33. The second kappa shape index (κ2) is 7.76. The van der Waals surface area contributed by atoms with Crippen molar-refractivity contribution >= 4 is 33.3 Å². The molecule has 1 aliphatic carbocycles. The molecule has 0 spiro atoms. The van der Waals surface area contributed by atoms with Gasteiger partial charge in [-0.1, -0.05) is 30.3 Å². The third kappa shape index (κ3) is 3.33. The minimum Gasteiger partial charge on any atom is -0.316 e. The Hall–Kier alpha value is -2.29. The molecule has 0 radical (unpaired) electrons. The molecule has 4 aromatic rings. The summed E-state index contributed by atoms with van der Waals surface area (Å²) >= 11 is 3.30. The Bertz CT molecular complexity index is 1180. The average molecular weight is 435 g/mol. The summed E-state index contributed by atoms with van der Waals surface area (Å²) in [6.45, 7) is 2.10. The minimum absolute atomic E-state index is 0.452.